The van der Waals surface area contributed by atoms with Crippen LogP contribution in [0.15, 0.2) is 6.33 Å². The summed E-state index contributed by atoms with van der Waals surface area (Å²) in [7, 11) is 1.77. The molecule has 1 aromatic rings. The molecule has 20 heavy (non-hydrogen) atoms. The fourth-order valence-electron chi connectivity index (χ4n) is 3.63. The maximum absolute atomic E-state index is 5.17. The molecule has 0 amide bonds. The SMILES string of the molecule is COCCN1CC[C@@H](c2ncnn2C2CCCCC2)C1. The van der Waals surface area contributed by atoms with Gasteiger partial charge in [0.2, 0.25) is 0 Å². The van der Waals surface area contributed by atoms with E-state index in [0.717, 1.165) is 26.2 Å². The van der Waals surface area contributed by atoms with Crippen molar-refractivity contribution in [1.82, 2.24) is 19.7 Å². The van der Waals surface area contributed by atoms with Crippen molar-refractivity contribution in [2.75, 3.05) is 33.4 Å². The molecule has 1 aromatic heterocycles. The number of aromatic nitrogens is 3. The Labute approximate surface area is 121 Å². The van der Waals surface area contributed by atoms with E-state index in [4.69, 9.17) is 4.74 Å². The van der Waals surface area contributed by atoms with Crippen LogP contribution in [0.2, 0.25) is 0 Å². The molecule has 0 spiro atoms. The van der Waals surface area contributed by atoms with Crippen molar-refractivity contribution < 1.29 is 4.74 Å². The second kappa shape index (κ2) is 6.68. The number of nitrogens with zero attached hydrogens (tertiary/aromatic N) is 4. The zero-order chi connectivity index (χ0) is 13.8. The van der Waals surface area contributed by atoms with E-state index in [1.807, 2.05) is 0 Å². The molecule has 1 aliphatic heterocycles. The predicted octanol–water partition coefficient (Wildman–Crippen LogP) is 2.22. The molecule has 2 heterocycles. The third-order valence-corrected chi connectivity index (χ3v) is 4.77. The van der Waals surface area contributed by atoms with Gasteiger partial charge in [-0.3, -0.25) is 0 Å². The molecule has 1 saturated carbocycles. The molecule has 1 aliphatic carbocycles. The zero-order valence-electron chi connectivity index (χ0n) is 12.5. The molecule has 0 bridgehead atoms. The first kappa shape index (κ1) is 14.0. The van der Waals surface area contributed by atoms with Crippen molar-refractivity contribution in [2.24, 2.45) is 0 Å². The smallest absolute Gasteiger partial charge is 0.138 e. The van der Waals surface area contributed by atoms with Gasteiger partial charge in [-0.1, -0.05) is 19.3 Å². The van der Waals surface area contributed by atoms with Crippen LogP contribution in [-0.2, 0) is 4.74 Å². The molecule has 5 nitrogen and oxygen atoms in total. The van der Waals surface area contributed by atoms with Crippen LogP contribution in [0.4, 0.5) is 0 Å². The van der Waals surface area contributed by atoms with E-state index in [1.54, 1.807) is 13.4 Å². The highest BCUT2D eigenvalue weighted by Crippen LogP contribution is 2.32. The first-order chi connectivity index (χ1) is 9.88. The van der Waals surface area contributed by atoms with Gasteiger partial charge >= 0.3 is 0 Å². The summed E-state index contributed by atoms with van der Waals surface area (Å²) in [5.41, 5.74) is 0. The lowest BCUT2D eigenvalue weighted by Crippen LogP contribution is -2.25. The Kier molecular flexibility index (Phi) is 4.68. The molecular formula is C15H26N4O. The van der Waals surface area contributed by atoms with Crippen molar-refractivity contribution in [1.29, 1.82) is 0 Å². The molecule has 2 aliphatic rings. The van der Waals surface area contributed by atoms with Gasteiger partial charge in [0.1, 0.15) is 12.2 Å². The van der Waals surface area contributed by atoms with Gasteiger partial charge in [-0.2, -0.15) is 5.10 Å². The van der Waals surface area contributed by atoms with Gasteiger partial charge in [-0.25, -0.2) is 9.67 Å². The maximum Gasteiger partial charge on any atom is 0.138 e. The highest BCUT2D eigenvalue weighted by Gasteiger charge is 2.29. The lowest BCUT2D eigenvalue weighted by atomic mass is 9.95. The molecule has 1 saturated heterocycles. The summed E-state index contributed by atoms with van der Waals surface area (Å²) in [5.74, 6) is 1.77. The van der Waals surface area contributed by atoms with Crippen molar-refractivity contribution in [3.05, 3.63) is 12.2 Å². The van der Waals surface area contributed by atoms with E-state index in [9.17, 15) is 0 Å². The Morgan fingerprint density at radius 3 is 2.90 bits per heavy atom. The highest BCUT2D eigenvalue weighted by molar-refractivity contribution is 5.02. The molecular weight excluding hydrogens is 252 g/mol. The number of hydrogen-bond acceptors (Lipinski definition) is 4. The Morgan fingerprint density at radius 2 is 2.10 bits per heavy atom. The summed E-state index contributed by atoms with van der Waals surface area (Å²) < 4.78 is 7.41. The molecule has 1 atom stereocenters. The molecule has 3 rings (SSSR count). The van der Waals surface area contributed by atoms with Gasteiger partial charge < -0.3 is 9.64 Å². The Balaban J connectivity index is 1.64. The summed E-state index contributed by atoms with van der Waals surface area (Å²) in [6.07, 6.45) is 9.57. The second-order valence-corrected chi connectivity index (χ2v) is 6.13. The van der Waals surface area contributed by atoms with Gasteiger partial charge in [-0.05, 0) is 25.8 Å². The minimum absolute atomic E-state index is 0.552. The van der Waals surface area contributed by atoms with Crippen LogP contribution in [0, 0.1) is 0 Å². The quantitative estimate of drug-likeness (QED) is 0.828. The lowest BCUT2D eigenvalue weighted by Gasteiger charge is -2.24. The molecule has 0 N–H and O–H groups in total. The van der Waals surface area contributed by atoms with Gasteiger partial charge in [0.25, 0.3) is 0 Å². The summed E-state index contributed by atoms with van der Waals surface area (Å²) in [5, 5.41) is 4.53. The number of methoxy groups -OCH3 is 1. The van der Waals surface area contributed by atoms with E-state index in [0.29, 0.717) is 12.0 Å². The number of rotatable bonds is 5. The minimum atomic E-state index is 0.552. The normalized spacial score (nSPS) is 25.4. The number of hydrogen-bond donors (Lipinski definition) is 0. The van der Waals surface area contributed by atoms with E-state index in [1.165, 1.54) is 44.3 Å². The van der Waals surface area contributed by atoms with Crippen molar-refractivity contribution in [2.45, 2.75) is 50.5 Å². The zero-order valence-corrected chi connectivity index (χ0v) is 12.5. The monoisotopic (exact) mass is 278 g/mol. The molecule has 5 heteroatoms. The van der Waals surface area contributed by atoms with Crippen LogP contribution in [0.1, 0.15) is 56.3 Å². The first-order valence-electron chi connectivity index (χ1n) is 7.99. The average Bonchev–Trinajstić information content (AvgIpc) is 3.14. The third kappa shape index (κ3) is 3.04. The van der Waals surface area contributed by atoms with Gasteiger partial charge in [0.15, 0.2) is 0 Å². The van der Waals surface area contributed by atoms with Crippen LogP contribution >= 0.6 is 0 Å². The number of ether oxygens (including phenoxy) is 1. The maximum atomic E-state index is 5.17. The van der Waals surface area contributed by atoms with Crippen LogP contribution in [0.5, 0.6) is 0 Å². The predicted molar refractivity (Wildman–Crippen MR) is 77.8 cm³/mol. The molecule has 0 radical (unpaired) electrons. The summed E-state index contributed by atoms with van der Waals surface area (Å²) in [6.45, 7) is 4.12. The first-order valence-corrected chi connectivity index (χ1v) is 7.99. The van der Waals surface area contributed by atoms with E-state index in [2.05, 4.69) is 19.7 Å². The average molecular weight is 278 g/mol. The second-order valence-electron chi connectivity index (χ2n) is 6.13. The Morgan fingerprint density at radius 1 is 1.25 bits per heavy atom. The number of likely N-dealkylation sites (tertiary alicyclic amines) is 1. The topological polar surface area (TPSA) is 43.2 Å². The van der Waals surface area contributed by atoms with Gasteiger partial charge in [-0.15, -0.1) is 0 Å². The van der Waals surface area contributed by atoms with E-state index >= 15 is 0 Å². The van der Waals surface area contributed by atoms with Crippen LogP contribution in [-0.4, -0.2) is 53.0 Å². The van der Waals surface area contributed by atoms with Crippen molar-refractivity contribution in [3.63, 3.8) is 0 Å². The summed E-state index contributed by atoms with van der Waals surface area (Å²) in [6, 6.07) is 0.592. The minimum Gasteiger partial charge on any atom is -0.383 e. The van der Waals surface area contributed by atoms with Crippen LogP contribution in [0.3, 0.4) is 0 Å². The lowest BCUT2D eigenvalue weighted by molar-refractivity contribution is 0.160. The molecule has 0 unspecified atom stereocenters. The Bertz CT molecular complexity index is 414. The summed E-state index contributed by atoms with van der Waals surface area (Å²) in [4.78, 5) is 7.06. The largest absolute Gasteiger partial charge is 0.383 e. The summed E-state index contributed by atoms with van der Waals surface area (Å²) >= 11 is 0. The fraction of sp³-hybridized carbons (Fsp3) is 0.867. The van der Waals surface area contributed by atoms with Crippen LogP contribution < -0.4 is 0 Å². The van der Waals surface area contributed by atoms with E-state index in [-0.39, 0.29) is 0 Å². The van der Waals surface area contributed by atoms with Gasteiger partial charge in [0.05, 0.1) is 12.6 Å². The third-order valence-electron chi connectivity index (χ3n) is 4.77. The van der Waals surface area contributed by atoms with Crippen molar-refractivity contribution in [3.8, 4) is 0 Å². The molecule has 0 aromatic carbocycles. The van der Waals surface area contributed by atoms with Crippen LogP contribution in [0.25, 0.3) is 0 Å². The highest BCUT2D eigenvalue weighted by atomic mass is 16.5. The fourth-order valence-corrected chi connectivity index (χ4v) is 3.63. The molecule has 2 fully saturated rings. The van der Waals surface area contributed by atoms with E-state index < -0.39 is 0 Å². The Hall–Kier alpha value is -0.940. The molecule has 112 valence electrons. The van der Waals surface area contributed by atoms with Gasteiger partial charge in [0, 0.05) is 26.1 Å². The van der Waals surface area contributed by atoms with Crippen molar-refractivity contribution >= 4 is 0 Å². The standard InChI is InChI=1S/C15H26N4O/c1-20-10-9-18-8-7-13(11-18)15-16-12-17-19(15)14-5-3-2-4-6-14/h12-14H,2-11H2,1H3/t13-/m1/s1.